The Morgan fingerprint density at radius 2 is 2.38 bits per heavy atom. The van der Waals surface area contributed by atoms with Crippen LogP contribution in [0.2, 0.25) is 0 Å². The van der Waals surface area contributed by atoms with E-state index in [-0.39, 0.29) is 12.5 Å². The predicted molar refractivity (Wildman–Crippen MR) is 63.9 cm³/mol. The predicted octanol–water partition coefficient (Wildman–Crippen LogP) is 0.430. The molecule has 0 aliphatic heterocycles. The van der Waals surface area contributed by atoms with Gasteiger partial charge in [0, 0.05) is 19.8 Å². The van der Waals surface area contributed by atoms with Gasteiger partial charge >= 0.3 is 0 Å². The molecule has 1 aromatic rings. The summed E-state index contributed by atoms with van der Waals surface area (Å²) in [7, 11) is 1.83. The number of hydrogen-bond acceptors (Lipinski definition) is 4. The third kappa shape index (κ3) is 3.86. The number of carbonyl (C=O) groups is 1. The summed E-state index contributed by atoms with van der Waals surface area (Å²) in [5.41, 5.74) is 6.29. The minimum atomic E-state index is -0.301. The molecule has 0 spiro atoms. The molecule has 5 heteroatoms. The Morgan fingerprint density at radius 3 is 2.94 bits per heavy atom. The van der Waals surface area contributed by atoms with Gasteiger partial charge in [0.05, 0.1) is 6.54 Å². The molecule has 0 saturated heterocycles. The van der Waals surface area contributed by atoms with Crippen molar-refractivity contribution in [1.29, 1.82) is 0 Å². The molecule has 1 amide bonds. The molecule has 3 N–H and O–H groups in total. The molecule has 0 fully saturated rings. The summed E-state index contributed by atoms with van der Waals surface area (Å²) < 4.78 is 0. The van der Waals surface area contributed by atoms with Crippen LogP contribution in [0.4, 0.5) is 5.82 Å². The lowest BCUT2D eigenvalue weighted by atomic mass is 10.2. The Kier molecular flexibility index (Phi) is 4.72. The Bertz CT molecular complexity index is 354. The van der Waals surface area contributed by atoms with Gasteiger partial charge < -0.3 is 11.1 Å². The molecule has 0 atom stereocenters. The number of anilines is 1. The highest BCUT2D eigenvalue weighted by molar-refractivity contribution is 5.75. The van der Waals surface area contributed by atoms with Crippen molar-refractivity contribution < 1.29 is 4.79 Å². The molecule has 0 saturated carbocycles. The molecule has 0 unspecified atom stereocenters. The van der Waals surface area contributed by atoms with Crippen LogP contribution in [0.15, 0.2) is 18.3 Å². The summed E-state index contributed by atoms with van der Waals surface area (Å²) in [5, 5.41) is 2.98. The molecule has 16 heavy (non-hydrogen) atoms. The normalized spacial score (nSPS) is 10.4. The molecular weight excluding hydrogens is 204 g/mol. The Morgan fingerprint density at radius 1 is 1.62 bits per heavy atom. The first-order valence-electron chi connectivity index (χ1n) is 5.29. The standard InChI is InChI=1S/C11H18N4O/c1-3-15(8-10(12)16)7-9-4-5-14-11(6-9)13-2/h4-6H,3,7-8H2,1-2H3,(H2,12,16)(H,13,14). The fourth-order valence-electron chi connectivity index (χ4n) is 1.47. The first kappa shape index (κ1) is 12.4. The van der Waals surface area contributed by atoms with Crippen molar-refractivity contribution >= 4 is 11.7 Å². The topological polar surface area (TPSA) is 71.2 Å². The van der Waals surface area contributed by atoms with E-state index < -0.39 is 0 Å². The van der Waals surface area contributed by atoms with Gasteiger partial charge in [-0.2, -0.15) is 0 Å². The van der Waals surface area contributed by atoms with E-state index in [4.69, 9.17) is 5.73 Å². The van der Waals surface area contributed by atoms with Gasteiger partial charge in [0.25, 0.3) is 0 Å². The van der Waals surface area contributed by atoms with Crippen molar-refractivity contribution in [3.8, 4) is 0 Å². The molecule has 1 heterocycles. The van der Waals surface area contributed by atoms with Crippen LogP contribution in [-0.2, 0) is 11.3 Å². The van der Waals surface area contributed by atoms with Crippen molar-refractivity contribution in [3.05, 3.63) is 23.9 Å². The summed E-state index contributed by atoms with van der Waals surface area (Å²) in [4.78, 5) is 17.0. The summed E-state index contributed by atoms with van der Waals surface area (Å²) >= 11 is 0. The maximum Gasteiger partial charge on any atom is 0.231 e. The smallest absolute Gasteiger partial charge is 0.231 e. The Hall–Kier alpha value is -1.62. The highest BCUT2D eigenvalue weighted by Gasteiger charge is 2.07. The van der Waals surface area contributed by atoms with E-state index in [0.717, 1.165) is 17.9 Å². The maximum absolute atomic E-state index is 10.8. The minimum Gasteiger partial charge on any atom is -0.373 e. The zero-order chi connectivity index (χ0) is 12.0. The number of hydrogen-bond donors (Lipinski definition) is 2. The average Bonchev–Trinajstić information content (AvgIpc) is 2.28. The van der Waals surface area contributed by atoms with Crippen LogP contribution < -0.4 is 11.1 Å². The number of nitrogens with zero attached hydrogens (tertiary/aromatic N) is 2. The second-order valence-electron chi connectivity index (χ2n) is 3.57. The molecule has 0 aliphatic rings. The summed E-state index contributed by atoms with van der Waals surface area (Å²) in [5.74, 6) is 0.525. The van der Waals surface area contributed by atoms with Gasteiger partial charge in [-0.05, 0) is 24.2 Å². The third-order valence-corrected chi connectivity index (χ3v) is 2.31. The van der Waals surface area contributed by atoms with E-state index >= 15 is 0 Å². The van der Waals surface area contributed by atoms with E-state index in [1.54, 1.807) is 6.20 Å². The second kappa shape index (κ2) is 6.07. The molecule has 1 rings (SSSR count). The number of nitrogens with one attached hydrogen (secondary N) is 1. The first-order valence-corrected chi connectivity index (χ1v) is 5.29. The largest absolute Gasteiger partial charge is 0.373 e. The molecule has 1 aromatic heterocycles. The number of nitrogens with two attached hydrogens (primary N) is 1. The fourth-order valence-corrected chi connectivity index (χ4v) is 1.47. The number of aromatic nitrogens is 1. The van der Waals surface area contributed by atoms with E-state index in [1.807, 2.05) is 31.0 Å². The van der Waals surface area contributed by atoms with Crippen molar-refractivity contribution in [2.24, 2.45) is 5.73 Å². The van der Waals surface area contributed by atoms with E-state index in [2.05, 4.69) is 10.3 Å². The van der Waals surface area contributed by atoms with Crippen molar-refractivity contribution in [2.75, 3.05) is 25.5 Å². The maximum atomic E-state index is 10.8. The number of likely N-dealkylation sites (N-methyl/N-ethyl adjacent to an activating group) is 1. The van der Waals surface area contributed by atoms with Gasteiger partial charge in [-0.25, -0.2) is 4.98 Å². The first-order chi connectivity index (χ1) is 7.65. The van der Waals surface area contributed by atoms with Crippen molar-refractivity contribution in [3.63, 3.8) is 0 Å². The van der Waals surface area contributed by atoms with E-state index in [9.17, 15) is 4.79 Å². The van der Waals surface area contributed by atoms with Crippen LogP contribution in [0.25, 0.3) is 0 Å². The summed E-state index contributed by atoms with van der Waals surface area (Å²) in [6.07, 6.45) is 1.75. The molecule has 5 nitrogen and oxygen atoms in total. The highest BCUT2D eigenvalue weighted by Crippen LogP contribution is 2.08. The number of primary amides is 1. The Labute approximate surface area is 95.7 Å². The van der Waals surface area contributed by atoms with Gasteiger partial charge in [-0.3, -0.25) is 9.69 Å². The van der Waals surface area contributed by atoms with Gasteiger partial charge in [0.15, 0.2) is 0 Å². The molecule has 0 aromatic carbocycles. The molecular formula is C11H18N4O. The lowest BCUT2D eigenvalue weighted by molar-refractivity contribution is -0.119. The van der Waals surface area contributed by atoms with Gasteiger partial charge in [0.2, 0.25) is 5.91 Å². The average molecular weight is 222 g/mol. The van der Waals surface area contributed by atoms with E-state index in [1.165, 1.54) is 0 Å². The zero-order valence-corrected chi connectivity index (χ0v) is 9.73. The van der Waals surface area contributed by atoms with Crippen LogP contribution >= 0.6 is 0 Å². The molecule has 88 valence electrons. The minimum absolute atomic E-state index is 0.285. The van der Waals surface area contributed by atoms with E-state index in [0.29, 0.717) is 6.54 Å². The molecule has 0 aliphatic carbocycles. The summed E-state index contributed by atoms with van der Waals surface area (Å²) in [6, 6.07) is 3.90. The number of carbonyl (C=O) groups excluding carboxylic acids is 1. The molecule has 0 radical (unpaired) electrons. The Balaban J connectivity index is 2.65. The monoisotopic (exact) mass is 222 g/mol. The van der Waals surface area contributed by atoms with Crippen molar-refractivity contribution in [2.45, 2.75) is 13.5 Å². The lowest BCUT2D eigenvalue weighted by Gasteiger charge is -2.18. The SMILES string of the molecule is CCN(CC(N)=O)Cc1ccnc(NC)c1. The summed E-state index contributed by atoms with van der Waals surface area (Å²) in [6.45, 7) is 3.79. The van der Waals surface area contributed by atoms with Crippen LogP contribution in [0.3, 0.4) is 0 Å². The van der Waals surface area contributed by atoms with Crippen molar-refractivity contribution in [1.82, 2.24) is 9.88 Å². The van der Waals surface area contributed by atoms with Gasteiger partial charge in [0.1, 0.15) is 5.82 Å². The number of amides is 1. The van der Waals surface area contributed by atoms with Crippen LogP contribution in [-0.4, -0.2) is 35.9 Å². The van der Waals surface area contributed by atoms with Gasteiger partial charge in [-0.1, -0.05) is 6.92 Å². The van der Waals surface area contributed by atoms with Gasteiger partial charge in [-0.15, -0.1) is 0 Å². The van der Waals surface area contributed by atoms with Crippen LogP contribution in [0.1, 0.15) is 12.5 Å². The third-order valence-electron chi connectivity index (χ3n) is 2.31. The lowest BCUT2D eigenvalue weighted by Crippen LogP contribution is -2.33. The number of pyridine rings is 1. The second-order valence-corrected chi connectivity index (χ2v) is 3.57. The van der Waals surface area contributed by atoms with Crippen LogP contribution in [0, 0.1) is 0 Å². The highest BCUT2D eigenvalue weighted by atomic mass is 16.1. The van der Waals surface area contributed by atoms with Crippen LogP contribution in [0.5, 0.6) is 0 Å². The fraction of sp³-hybridized carbons (Fsp3) is 0.455. The molecule has 0 bridgehead atoms. The zero-order valence-electron chi connectivity index (χ0n) is 9.73. The number of rotatable bonds is 6. The quantitative estimate of drug-likeness (QED) is 0.732.